The van der Waals surface area contributed by atoms with Gasteiger partial charge in [-0.2, -0.15) is 0 Å². The van der Waals surface area contributed by atoms with Gasteiger partial charge in [0, 0.05) is 0 Å². The monoisotopic (exact) mass is 316 g/mol. The molecule has 5 nitrogen and oxygen atoms in total. The first-order chi connectivity index (χ1) is 11.2. The van der Waals surface area contributed by atoms with Gasteiger partial charge in [0.05, 0.1) is 6.26 Å². The van der Waals surface area contributed by atoms with Gasteiger partial charge in [-0.3, -0.25) is 0 Å². The van der Waals surface area contributed by atoms with Gasteiger partial charge in [0.2, 0.25) is 0 Å². The second-order valence-electron chi connectivity index (χ2n) is 3.91. The van der Waals surface area contributed by atoms with Crippen LogP contribution in [0.5, 0.6) is 11.5 Å². The molecule has 0 atom stereocenters. The number of hydrogen-bond donors (Lipinski definition) is 3. The van der Waals surface area contributed by atoms with Crippen molar-refractivity contribution in [3.8, 4) is 11.5 Å². The van der Waals surface area contributed by atoms with Crippen molar-refractivity contribution < 1.29 is 24.5 Å². The highest BCUT2D eigenvalue weighted by atomic mass is 16.4. The molecule has 1 aromatic heterocycles. The third-order valence-electron chi connectivity index (χ3n) is 2.25. The van der Waals surface area contributed by atoms with E-state index in [9.17, 15) is 0 Å². The molecule has 0 fully saturated rings. The summed E-state index contributed by atoms with van der Waals surface area (Å²) >= 11 is 0. The van der Waals surface area contributed by atoms with Gasteiger partial charge < -0.3 is 24.5 Å². The van der Waals surface area contributed by atoms with Crippen molar-refractivity contribution in [3.63, 3.8) is 0 Å². The number of rotatable bonds is 1. The molecule has 0 aliphatic carbocycles. The molecule has 0 spiro atoms. The molecular formula is C18H20O5. The molecule has 5 heteroatoms. The number of aromatic hydroxyl groups is 2. The molecule has 0 aliphatic rings. The van der Waals surface area contributed by atoms with E-state index in [0.29, 0.717) is 17.3 Å². The summed E-state index contributed by atoms with van der Waals surface area (Å²) in [5.74, 6) is 1.25. The number of carbonyl (C=O) groups is 1. The Kier molecular flexibility index (Phi) is 12.1. The van der Waals surface area contributed by atoms with E-state index in [2.05, 4.69) is 0 Å². The van der Waals surface area contributed by atoms with Crippen LogP contribution in [0.3, 0.4) is 0 Å². The van der Waals surface area contributed by atoms with Crippen molar-refractivity contribution in [2.45, 2.75) is 6.61 Å². The minimum absolute atomic E-state index is 0.00694. The number of aliphatic hydroxyl groups excluding tert-OH is 1. The number of para-hydroxylation sites is 2. The fraction of sp³-hybridized carbons (Fsp3) is 0.0556. The zero-order chi connectivity index (χ0) is 17.3. The summed E-state index contributed by atoms with van der Waals surface area (Å²) in [6, 6.07) is 20.9. The number of phenols is 2. The Labute approximate surface area is 135 Å². The number of hydrogen-bond acceptors (Lipinski definition) is 5. The molecular weight excluding hydrogens is 296 g/mol. The van der Waals surface area contributed by atoms with Gasteiger partial charge in [-0.1, -0.05) is 36.4 Å². The topological polar surface area (TPSA) is 90.9 Å². The largest absolute Gasteiger partial charge is 0.508 e. The van der Waals surface area contributed by atoms with Crippen LogP contribution in [-0.4, -0.2) is 22.1 Å². The maximum Gasteiger partial charge on any atom is 0.129 e. The average molecular weight is 316 g/mol. The molecule has 2 aromatic carbocycles. The van der Waals surface area contributed by atoms with Crippen LogP contribution >= 0.6 is 0 Å². The summed E-state index contributed by atoms with van der Waals surface area (Å²) < 4.78 is 4.73. The quantitative estimate of drug-likeness (QED) is 0.640. The van der Waals surface area contributed by atoms with E-state index in [0.717, 1.165) is 0 Å². The summed E-state index contributed by atoms with van der Waals surface area (Å²) in [5.41, 5.74) is 0. The summed E-state index contributed by atoms with van der Waals surface area (Å²) in [5, 5.41) is 25.6. The van der Waals surface area contributed by atoms with E-state index in [1.807, 2.05) is 18.9 Å². The third kappa shape index (κ3) is 11.3. The molecule has 0 radical (unpaired) electrons. The molecule has 23 heavy (non-hydrogen) atoms. The van der Waals surface area contributed by atoms with E-state index in [-0.39, 0.29) is 6.61 Å². The second kappa shape index (κ2) is 13.9. The first kappa shape index (κ1) is 20.0. The molecule has 0 saturated carbocycles. The molecule has 1 heterocycles. The van der Waals surface area contributed by atoms with Gasteiger partial charge in [-0.15, -0.1) is 0 Å². The average Bonchev–Trinajstić information content (AvgIpc) is 3.13. The molecule has 122 valence electrons. The lowest BCUT2D eigenvalue weighted by Gasteiger charge is -1.82. The van der Waals surface area contributed by atoms with E-state index in [4.69, 9.17) is 24.5 Å². The molecule has 0 unspecified atom stereocenters. The molecule has 0 aliphatic heterocycles. The number of carbonyl (C=O) groups excluding carboxylic acids is 1. The van der Waals surface area contributed by atoms with E-state index < -0.39 is 0 Å². The smallest absolute Gasteiger partial charge is 0.129 e. The third-order valence-corrected chi connectivity index (χ3v) is 2.25. The molecule has 3 aromatic rings. The van der Waals surface area contributed by atoms with Gasteiger partial charge in [0.25, 0.3) is 0 Å². The number of phenolic OH excluding ortho intramolecular Hbond substituents is 2. The van der Waals surface area contributed by atoms with Gasteiger partial charge in [0.15, 0.2) is 0 Å². The van der Waals surface area contributed by atoms with Crippen LogP contribution in [-0.2, 0) is 11.4 Å². The Bertz CT molecular complexity index is 542. The SMILES string of the molecule is C=O.OCc1ccco1.Oc1ccccc1.Oc1ccccc1. The van der Waals surface area contributed by atoms with Crippen LogP contribution in [0.2, 0.25) is 0 Å². The first-order valence-corrected chi connectivity index (χ1v) is 6.62. The molecule has 3 N–H and O–H groups in total. The lowest BCUT2D eigenvalue weighted by atomic mass is 10.3. The Morgan fingerprint density at radius 3 is 1.35 bits per heavy atom. The first-order valence-electron chi connectivity index (χ1n) is 6.62. The molecule has 0 amide bonds. The lowest BCUT2D eigenvalue weighted by Crippen LogP contribution is -1.72. The Hall–Kier alpha value is -3.05. The van der Waals surface area contributed by atoms with Crippen LogP contribution in [0.15, 0.2) is 83.5 Å². The van der Waals surface area contributed by atoms with Gasteiger partial charge in [-0.05, 0) is 36.4 Å². The number of aliphatic hydroxyl groups is 1. The van der Waals surface area contributed by atoms with Crippen molar-refractivity contribution >= 4 is 6.79 Å². The van der Waals surface area contributed by atoms with E-state index in [1.54, 1.807) is 60.7 Å². The summed E-state index contributed by atoms with van der Waals surface area (Å²) in [6.45, 7) is 1.99. The lowest BCUT2D eigenvalue weighted by molar-refractivity contribution is -0.0979. The van der Waals surface area contributed by atoms with Crippen LogP contribution < -0.4 is 0 Å². The van der Waals surface area contributed by atoms with Crippen LogP contribution in [0, 0.1) is 0 Å². The summed E-state index contributed by atoms with van der Waals surface area (Å²) in [7, 11) is 0. The standard InChI is InChI=1S/2C6H6O.C5H6O2.CH2O/c2*7-6-4-2-1-3-5-6;6-4-5-2-1-3-7-5;1-2/h2*1-5,7H;1-3,6H,4H2;1H2. The van der Waals surface area contributed by atoms with Crippen molar-refractivity contribution in [1.82, 2.24) is 0 Å². The van der Waals surface area contributed by atoms with Crippen LogP contribution in [0.4, 0.5) is 0 Å². The minimum Gasteiger partial charge on any atom is -0.508 e. The predicted octanol–water partition coefficient (Wildman–Crippen LogP) is 3.37. The van der Waals surface area contributed by atoms with Crippen LogP contribution in [0.1, 0.15) is 5.76 Å². The van der Waals surface area contributed by atoms with E-state index in [1.165, 1.54) is 6.26 Å². The maximum atomic E-state index is 8.63. The highest BCUT2D eigenvalue weighted by molar-refractivity contribution is 5.19. The second-order valence-corrected chi connectivity index (χ2v) is 3.91. The van der Waals surface area contributed by atoms with E-state index >= 15 is 0 Å². The van der Waals surface area contributed by atoms with Crippen molar-refractivity contribution in [3.05, 3.63) is 84.8 Å². The number of furan rings is 1. The fourth-order valence-electron chi connectivity index (χ4n) is 1.26. The molecule has 0 saturated heterocycles. The normalized spacial score (nSPS) is 8.22. The van der Waals surface area contributed by atoms with Crippen molar-refractivity contribution in [2.24, 2.45) is 0 Å². The highest BCUT2D eigenvalue weighted by Crippen LogP contribution is 2.03. The summed E-state index contributed by atoms with van der Waals surface area (Å²) in [4.78, 5) is 8.00. The Morgan fingerprint density at radius 2 is 1.17 bits per heavy atom. The Morgan fingerprint density at radius 1 is 0.739 bits per heavy atom. The fourth-order valence-corrected chi connectivity index (χ4v) is 1.26. The van der Waals surface area contributed by atoms with Gasteiger partial charge in [-0.25, -0.2) is 0 Å². The highest BCUT2D eigenvalue weighted by Gasteiger charge is 1.85. The van der Waals surface area contributed by atoms with Gasteiger partial charge >= 0.3 is 0 Å². The predicted molar refractivity (Wildman–Crippen MR) is 88.0 cm³/mol. The zero-order valence-electron chi connectivity index (χ0n) is 12.6. The molecule has 0 bridgehead atoms. The summed E-state index contributed by atoms with van der Waals surface area (Å²) in [6.07, 6.45) is 1.53. The van der Waals surface area contributed by atoms with Crippen molar-refractivity contribution in [2.75, 3.05) is 0 Å². The van der Waals surface area contributed by atoms with Gasteiger partial charge in [0.1, 0.15) is 30.7 Å². The number of benzene rings is 2. The van der Waals surface area contributed by atoms with Crippen LogP contribution in [0.25, 0.3) is 0 Å². The minimum atomic E-state index is -0.00694. The zero-order valence-corrected chi connectivity index (χ0v) is 12.6. The maximum absolute atomic E-state index is 8.63. The van der Waals surface area contributed by atoms with Crippen molar-refractivity contribution in [1.29, 1.82) is 0 Å². The Balaban J connectivity index is 0.000000299. The molecule has 3 rings (SSSR count).